The Labute approximate surface area is 137 Å². The standard InChI is InChI=1S/C14H16N2O3S3/c1-9-15-12-3-2-10(6-13(12)21-9)16-14(17)7-20-11-4-5-22(18,19)8-11/h2-3,6,11H,4-5,7-8H2,1H3,(H,16,17)/t11-/m1/s1. The van der Waals surface area contributed by atoms with Crippen molar-refractivity contribution in [2.75, 3.05) is 22.6 Å². The molecule has 1 fully saturated rings. The molecule has 1 N–H and O–H groups in total. The number of hydrogen-bond acceptors (Lipinski definition) is 6. The fourth-order valence-corrected chi connectivity index (χ4v) is 6.71. The average molecular weight is 356 g/mol. The highest BCUT2D eigenvalue weighted by Crippen LogP contribution is 2.26. The molecule has 0 aliphatic carbocycles. The van der Waals surface area contributed by atoms with Crippen LogP contribution in [0.25, 0.3) is 10.2 Å². The largest absolute Gasteiger partial charge is 0.325 e. The summed E-state index contributed by atoms with van der Waals surface area (Å²) in [6, 6.07) is 5.65. The van der Waals surface area contributed by atoms with Gasteiger partial charge in [0.25, 0.3) is 0 Å². The lowest BCUT2D eigenvalue weighted by Gasteiger charge is -2.08. The van der Waals surface area contributed by atoms with Crippen LogP contribution >= 0.6 is 23.1 Å². The van der Waals surface area contributed by atoms with Crippen molar-refractivity contribution in [3.8, 4) is 0 Å². The Morgan fingerprint density at radius 2 is 2.32 bits per heavy atom. The third kappa shape index (κ3) is 3.80. The zero-order chi connectivity index (χ0) is 15.7. The van der Waals surface area contributed by atoms with Gasteiger partial charge in [0.1, 0.15) is 0 Å². The van der Waals surface area contributed by atoms with Gasteiger partial charge >= 0.3 is 0 Å². The maximum atomic E-state index is 12.0. The smallest absolute Gasteiger partial charge is 0.234 e. The molecule has 0 radical (unpaired) electrons. The van der Waals surface area contributed by atoms with Gasteiger partial charge in [-0.2, -0.15) is 0 Å². The summed E-state index contributed by atoms with van der Waals surface area (Å²) in [6.07, 6.45) is 0.645. The number of anilines is 1. The Hall–Kier alpha value is -1.12. The number of fused-ring (bicyclic) bond motifs is 1. The van der Waals surface area contributed by atoms with Crippen LogP contribution in [0.3, 0.4) is 0 Å². The number of sulfone groups is 1. The molecule has 2 aromatic rings. The van der Waals surface area contributed by atoms with Crippen LogP contribution in [0.1, 0.15) is 11.4 Å². The van der Waals surface area contributed by atoms with Crippen molar-refractivity contribution >= 4 is 54.7 Å². The summed E-state index contributed by atoms with van der Waals surface area (Å²) in [4.78, 5) is 16.4. The molecule has 1 saturated heterocycles. The third-order valence-corrected chi connectivity index (χ3v) is 7.64. The van der Waals surface area contributed by atoms with E-state index in [4.69, 9.17) is 0 Å². The van der Waals surface area contributed by atoms with E-state index in [1.807, 2.05) is 25.1 Å². The summed E-state index contributed by atoms with van der Waals surface area (Å²) in [5.41, 5.74) is 1.69. The molecule has 1 aliphatic heterocycles. The summed E-state index contributed by atoms with van der Waals surface area (Å²) in [7, 11) is -2.88. The molecular formula is C14H16N2O3S3. The molecule has 5 nitrogen and oxygen atoms in total. The van der Waals surface area contributed by atoms with Crippen LogP contribution in [-0.4, -0.2) is 41.8 Å². The predicted octanol–water partition coefficient (Wildman–Crippen LogP) is 2.46. The zero-order valence-corrected chi connectivity index (χ0v) is 14.5. The second kappa shape index (κ2) is 6.17. The Kier molecular flexibility index (Phi) is 4.42. The first-order valence-electron chi connectivity index (χ1n) is 6.90. The molecule has 8 heteroatoms. The number of amides is 1. The van der Waals surface area contributed by atoms with E-state index in [1.54, 1.807) is 11.3 Å². The first-order valence-corrected chi connectivity index (χ1v) is 10.6. The molecule has 1 aromatic heterocycles. The number of carbonyl (C=O) groups is 1. The zero-order valence-electron chi connectivity index (χ0n) is 12.0. The second-order valence-electron chi connectivity index (χ2n) is 5.30. The van der Waals surface area contributed by atoms with E-state index in [0.717, 1.165) is 20.9 Å². The van der Waals surface area contributed by atoms with Crippen LogP contribution in [0, 0.1) is 6.92 Å². The van der Waals surface area contributed by atoms with Crippen LogP contribution in [0.5, 0.6) is 0 Å². The Morgan fingerprint density at radius 3 is 3.05 bits per heavy atom. The summed E-state index contributed by atoms with van der Waals surface area (Å²) in [6.45, 7) is 1.95. The van der Waals surface area contributed by atoms with Gasteiger partial charge in [0.05, 0.1) is 32.5 Å². The summed E-state index contributed by atoms with van der Waals surface area (Å²) in [5.74, 6) is 0.611. The van der Waals surface area contributed by atoms with E-state index in [-0.39, 0.29) is 28.4 Å². The molecule has 0 spiro atoms. The SMILES string of the molecule is Cc1nc2ccc(NC(=O)CS[C@@H]3CCS(=O)(=O)C3)cc2s1. The predicted molar refractivity (Wildman–Crippen MR) is 92.5 cm³/mol. The van der Waals surface area contributed by atoms with E-state index in [1.165, 1.54) is 11.8 Å². The van der Waals surface area contributed by atoms with Crippen LogP contribution < -0.4 is 5.32 Å². The number of nitrogens with zero attached hydrogens (tertiary/aromatic N) is 1. The number of thioether (sulfide) groups is 1. The van der Waals surface area contributed by atoms with Crippen molar-refractivity contribution in [3.63, 3.8) is 0 Å². The fraction of sp³-hybridized carbons (Fsp3) is 0.429. The minimum absolute atomic E-state index is 0.0439. The average Bonchev–Trinajstić information content (AvgIpc) is 2.97. The molecule has 2 heterocycles. The molecule has 22 heavy (non-hydrogen) atoms. The highest BCUT2D eigenvalue weighted by molar-refractivity contribution is 8.02. The summed E-state index contributed by atoms with van der Waals surface area (Å²) >= 11 is 3.01. The first-order chi connectivity index (χ1) is 10.4. The van der Waals surface area contributed by atoms with E-state index < -0.39 is 9.84 Å². The lowest BCUT2D eigenvalue weighted by atomic mass is 10.3. The number of nitrogens with one attached hydrogen (secondary N) is 1. The Bertz CT molecular complexity index is 814. The van der Waals surface area contributed by atoms with Gasteiger partial charge in [0.15, 0.2) is 9.84 Å². The number of hydrogen-bond donors (Lipinski definition) is 1. The van der Waals surface area contributed by atoms with Gasteiger partial charge in [-0.25, -0.2) is 13.4 Å². The Morgan fingerprint density at radius 1 is 1.50 bits per heavy atom. The number of benzene rings is 1. The molecule has 0 saturated carbocycles. The van der Waals surface area contributed by atoms with E-state index in [9.17, 15) is 13.2 Å². The fourth-order valence-electron chi connectivity index (χ4n) is 2.40. The Balaban J connectivity index is 1.56. The maximum Gasteiger partial charge on any atom is 0.234 e. The number of aromatic nitrogens is 1. The van der Waals surface area contributed by atoms with Gasteiger partial charge in [0.2, 0.25) is 5.91 Å². The van der Waals surface area contributed by atoms with Gasteiger partial charge in [-0.05, 0) is 31.5 Å². The van der Waals surface area contributed by atoms with Crippen molar-refractivity contribution < 1.29 is 13.2 Å². The molecule has 1 aliphatic rings. The molecule has 1 aromatic carbocycles. The van der Waals surface area contributed by atoms with E-state index in [2.05, 4.69) is 10.3 Å². The normalized spacial score (nSPS) is 20.3. The maximum absolute atomic E-state index is 12.0. The quantitative estimate of drug-likeness (QED) is 0.911. The molecule has 1 atom stereocenters. The van der Waals surface area contributed by atoms with Crippen molar-refractivity contribution in [1.82, 2.24) is 4.98 Å². The van der Waals surface area contributed by atoms with Gasteiger partial charge < -0.3 is 5.32 Å². The van der Waals surface area contributed by atoms with Crippen LogP contribution in [-0.2, 0) is 14.6 Å². The second-order valence-corrected chi connectivity index (χ2v) is 10.1. The van der Waals surface area contributed by atoms with Crippen molar-refractivity contribution in [2.45, 2.75) is 18.6 Å². The minimum Gasteiger partial charge on any atom is -0.325 e. The third-order valence-electron chi connectivity index (χ3n) is 3.42. The number of aryl methyl sites for hydroxylation is 1. The number of thiazole rings is 1. The van der Waals surface area contributed by atoms with Crippen LogP contribution in [0.2, 0.25) is 0 Å². The molecule has 0 unspecified atom stereocenters. The topological polar surface area (TPSA) is 76.1 Å². The lowest BCUT2D eigenvalue weighted by molar-refractivity contribution is -0.113. The molecule has 3 rings (SSSR count). The monoisotopic (exact) mass is 356 g/mol. The highest BCUT2D eigenvalue weighted by Gasteiger charge is 2.28. The summed E-state index contributed by atoms with van der Waals surface area (Å²) < 4.78 is 23.8. The van der Waals surface area contributed by atoms with E-state index >= 15 is 0 Å². The van der Waals surface area contributed by atoms with Crippen LogP contribution in [0.4, 0.5) is 5.69 Å². The number of carbonyl (C=O) groups excluding carboxylic acids is 1. The summed E-state index contributed by atoms with van der Waals surface area (Å²) in [5, 5.41) is 3.90. The lowest BCUT2D eigenvalue weighted by Crippen LogP contribution is -2.17. The van der Waals surface area contributed by atoms with Gasteiger partial charge in [-0.1, -0.05) is 0 Å². The van der Waals surface area contributed by atoms with E-state index in [0.29, 0.717) is 6.42 Å². The highest BCUT2D eigenvalue weighted by atomic mass is 32.2. The van der Waals surface area contributed by atoms with Crippen molar-refractivity contribution in [3.05, 3.63) is 23.2 Å². The molecular weight excluding hydrogens is 340 g/mol. The van der Waals surface area contributed by atoms with Gasteiger partial charge in [-0.3, -0.25) is 4.79 Å². The molecule has 118 valence electrons. The molecule has 0 bridgehead atoms. The van der Waals surface area contributed by atoms with Crippen molar-refractivity contribution in [1.29, 1.82) is 0 Å². The van der Waals surface area contributed by atoms with Gasteiger partial charge in [0, 0.05) is 10.9 Å². The van der Waals surface area contributed by atoms with Crippen molar-refractivity contribution in [2.24, 2.45) is 0 Å². The minimum atomic E-state index is -2.88. The number of rotatable bonds is 4. The first kappa shape index (κ1) is 15.8. The van der Waals surface area contributed by atoms with Crippen LogP contribution in [0.15, 0.2) is 18.2 Å². The molecule has 1 amide bonds. The van der Waals surface area contributed by atoms with Gasteiger partial charge in [-0.15, -0.1) is 23.1 Å².